The summed E-state index contributed by atoms with van der Waals surface area (Å²) in [4.78, 5) is 6.58. The maximum absolute atomic E-state index is 5.97. The molecule has 0 spiro atoms. The average Bonchev–Trinajstić information content (AvgIpc) is 2.59. The number of anilines is 1. The number of nitrogen functional groups attached to an aromatic ring is 1. The Morgan fingerprint density at radius 1 is 0.963 bits per heavy atom. The molecule has 2 aromatic carbocycles. The van der Waals surface area contributed by atoms with Crippen LogP contribution in [0, 0.1) is 0 Å². The molecular weight excluding hydrogens is 381 g/mol. The molecular formula is C21H27Cl2N3O. The lowest BCUT2D eigenvalue weighted by Crippen LogP contribution is -2.13. The molecule has 2 N–H and O–H groups in total. The number of benzene rings is 2. The molecule has 1 heterocycles. The van der Waals surface area contributed by atoms with E-state index in [0.717, 1.165) is 41.6 Å². The van der Waals surface area contributed by atoms with Gasteiger partial charge in [-0.15, -0.1) is 24.8 Å². The lowest BCUT2D eigenvalue weighted by atomic mass is 10.1. The number of rotatable bonds is 7. The molecule has 0 aliphatic heterocycles. The third-order valence-corrected chi connectivity index (χ3v) is 4.15. The molecule has 0 radical (unpaired) electrons. The van der Waals surface area contributed by atoms with Crippen molar-refractivity contribution in [2.75, 3.05) is 26.4 Å². The number of hydrogen-bond donors (Lipinski definition) is 1. The normalized spacial score (nSPS) is 10.3. The minimum absolute atomic E-state index is 0. The fourth-order valence-electron chi connectivity index (χ4n) is 2.83. The van der Waals surface area contributed by atoms with Crippen molar-refractivity contribution < 1.29 is 4.74 Å². The Morgan fingerprint density at radius 3 is 2.52 bits per heavy atom. The predicted octanol–water partition coefficient (Wildman–Crippen LogP) is 4.73. The Balaban J connectivity index is 0.00000182. The molecule has 3 rings (SSSR count). The second-order valence-electron chi connectivity index (χ2n) is 6.61. The van der Waals surface area contributed by atoms with Crippen LogP contribution < -0.4 is 10.5 Å². The second-order valence-corrected chi connectivity index (χ2v) is 6.61. The molecule has 3 aromatic rings. The minimum atomic E-state index is 0. The van der Waals surface area contributed by atoms with Gasteiger partial charge in [-0.1, -0.05) is 24.3 Å². The summed E-state index contributed by atoms with van der Waals surface area (Å²) < 4.78 is 5.97. The lowest BCUT2D eigenvalue weighted by Gasteiger charge is -2.11. The Labute approximate surface area is 173 Å². The average molecular weight is 408 g/mol. The van der Waals surface area contributed by atoms with Crippen LogP contribution in [-0.4, -0.2) is 30.5 Å². The quantitative estimate of drug-likeness (QED) is 0.614. The first-order chi connectivity index (χ1) is 12.1. The van der Waals surface area contributed by atoms with Crippen LogP contribution >= 0.6 is 24.8 Å². The van der Waals surface area contributed by atoms with Crippen molar-refractivity contribution in [3.8, 4) is 5.75 Å². The number of halogens is 2. The van der Waals surface area contributed by atoms with Crippen LogP contribution in [0.25, 0.3) is 10.9 Å². The van der Waals surface area contributed by atoms with Crippen LogP contribution in [0.5, 0.6) is 5.75 Å². The lowest BCUT2D eigenvalue weighted by molar-refractivity contribution is 0.306. The molecule has 0 aliphatic rings. The SMILES string of the molecule is CN(C)CCCc1cccc(OCc2ccc3ccc(N)nc3c2)c1.Cl.Cl. The zero-order valence-corrected chi connectivity index (χ0v) is 17.4. The largest absolute Gasteiger partial charge is 0.489 e. The number of nitrogens with zero attached hydrogens (tertiary/aromatic N) is 2. The van der Waals surface area contributed by atoms with Gasteiger partial charge in [0.05, 0.1) is 5.52 Å². The van der Waals surface area contributed by atoms with Crippen molar-refractivity contribution in [3.63, 3.8) is 0 Å². The van der Waals surface area contributed by atoms with Gasteiger partial charge in [-0.3, -0.25) is 0 Å². The van der Waals surface area contributed by atoms with E-state index in [1.54, 1.807) is 0 Å². The highest BCUT2D eigenvalue weighted by Crippen LogP contribution is 2.19. The van der Waals surface area contributed by atoms with Gasteiger partial charge in [0.2, 0.25) is 0 Å². The van der Waals surface area contributed by atoms with Gasteiger partial charge in [0, 0.05) is 5.39 Å². The maximum atomic E-state index is 5.97. The Bertz CT molecular complexity index is 856. The van der Waals surface area contributed by atoms with Crippen molar-refractivity contribution in [3.05, 3.63) is 65.7 Å². The number of fused-ring (bicyclic) bond motifs is 1. The van der Waals surface area contributed by atoms with E-state index in [1.165, 1.54) is 5.56 Å². The first-order valence-corrected chi connectivity index (χ1v) is 8.62. The Morgan fingerprint density at radius 2 is 1.74 bits per heavy atom. The predicted molar refractivity (Wildman–Crippen MR) is 118 cm³/mol. The van der Waals surface area contributed by atoms with Gasteiger partial charge in [0.1, 0.15) is 18.2 Å². The Hall–Kier alpha value is -2.01. The van der Waals surface area contributed by atoms with Gasteiger partial charge in [0.15, 0.2) is 0 Å². The zero-order valence-electron chi connectivity index (χ0n) is 15.7. The molecule has 0 saturated carbocycles. The monoisotopic (exact) mass is 407 g/mol. The van der Waals surface area contributed by atoms with E-state index in [-0.39, 0.29) is 24.8 Å². The zero-order chi connectivity index (χ0) is 17.6. The van der Waals surface area contributed by atoms with Gasteiger partial charge < -0.3 is 15.4 Å². The summed E-state index contributed by atoms with van der Waals surface area (Å²) in [5.74, 6) is 1.44. The van der Waals surface area contributed by atoms with Gasteiger partial charge in [0.25, 0.3) is 0 Å². The van der Waals surface area contributed by atoms with Crippen molar-refractivity contribution in [2.24, 2.45) is 0 Å². The minimum Gasteiger partial charge on any atom is -0.489 e. The molecule has 146 valence electrons. The van der Waals surface area contributed by atoms with E-state index in [0.29, 0.717) is 12.4 Å². The molecule has 4 nitrogen and oxygen atoms in total. The van der Waals surface area contributed by atoms with Crippen molar-refractivity contribution >= 4 is 41.5 Å². The summed E-state index contributed by atoms with van der Waals surface area (Å²) in [7, 11) is 4.21. The standard InChI is InChI=1S/C21H25N3O.2ClH/c1-24(2)12-4-6-16-5-3-7-19(13-16)25-15-17-8-9-18-10-11-21(22)23-20(18)14-17;;/h3,5,7-11,13-14H,4,6,12,15H2,1-2H3,(H2,22,23);2*1H. The number of nitrogens with two attached hydrogens (primary N) is 1. The number of aromatic nitrogens is 1. The van der Waals surface area contributed by atoms with Crippen molar-refractivity contribution in [2.45, 2.75) is 19.4 Å². The topological polar surface area (TPSA) is 51.4 Å². The van der Waals surface area contributed by atoms with E-state index < -0.39 is 0 Å². The molecule has 27 heavy (non-hydrogen) atoms. The molecule has 0 amide bonds. The summed E-state index contributed by atoms with van der Waals surface area (Å²) in [6.45, 7) is 1.62. The van der Waals surface area contributed by atoms with E-state index in [2.05, 4.69) is 54.3 Å². The fraction of sp³-hybridized carbons (Fsp3) is 0.286. The smallest absolute Gasteiger partial charge is 0.124 e. The van der Waals surface area contributed by atoms with Crippen LogP contribution in [0.3, 0.4) is 0 Å². The summed E-state index contributed by atoms with van der Waals surface area (Å²) in [6.07, 6.45) is 2.21. The summed E-state index contributed by atoms with van der Waals surface area (Å²) in [5.41, 5.74) is 9.07. The molecule has 0 bridgehead atoms. The van der Waals surface area contributed by atoms with Crippen LogP contribution in [0.2, 0.25) is 0 Å². The van der Waals surface area contributed by atoms with E-state index in [1.807, 2.05) is 24.3 Å². The number of ether oxygens (including phenoxy) is 1. The van der Waals surface area contributed by atoms with Crippen molar-refractivity contribution in [1.29, 1.82) is 0 Å². The van der Waals surface area contributed by atoms with Crippen LogP contribution in [-0.2, 0) is 13.0 Å². The third kappa shape index (κ3) is 6.90. The first kappa shape index (κ1) is 23.0. The van der Waals surface area contributed by atoms with Gasteiger partial charge in [-0.05, 0) is 74.9 Å². The summed E-state index contributed by atoms with van der Waals surface area (Å²) in [5, 5.41) is 1.08. The maximum Gasteiger partial charge on any atom is 0.124 e. The molecule has 0 aliphatic carbocycles. The fourth-order valence-corrected chi connectivity index (χ4v) is 2.83. The Kier molecular flexibility index (Phi) is 9.36. The number of pyridine rings is 1. The third-order valence-electron chi connectivity index (χ3n) is 4.15. The van der Waals surface area contributed by atoms with Gasteiger partial charge >= 0.3 is 0 Å². The van der Waals surface area contributed by atoms with Crippen LogP contribution in [0.15, 0.2) is 54.6 Å². The molecule has 0 atom stereocenters. The summed E-state index contributed by atoms with van der Waals surface area (Å²) in [6, 6.07) is 18.3. The molecule has 0 fully saturated rings. The van der Waals surface area contributed by atoms with Gasteiger partial charge in [-0.2, -0.15) is 0 Å². The van der Waals surface area contributed by atoms with E-state index in [9.17, 15) is 0 Å². The van der Waals surface area contributed by atoms with Crippen LogP contribution in [0.4, 0.5) is 5.82 Å². The first-order valence-electron chi connectivity index (χ1n) is 8.62. The summed E-state index contributed by atoms with van der Waals surface area (Å²) >= 11 is 0. The highest BCUT2D eigenvalue weighted by molar-refractivity contribution is 5.85. The van der Waals surface area contributed by atoms with Crippen molar-refractivity contribution in [1.82, 2.24) is 9.88 Å². The number of aryl methyl sites for hydroxylation is 1. The molecule has 1 aromatic heterocycles. The molecule has 0 unspecified atom stereocenters. The second kappa shape index (κ2) is 11.0. The molecule has 0 saturated heterocycles. The van der Waals surface area contributed by atoms with E-state index >= 15 is 0 Å². The van der Waals surface area contributed by atoms with E-state index in [4.69, 9.17) is 10.5 Å². The molecule has 6 heteroatoms. The van der Waals surface area contributed by atoms with Crippen LogP contribution in [0.1, 0.15) is 17.5 Å². The highest BCUT2D eigenvalue weighted by atomic mass is 35.5. The highest BCUT2D eigenvalue weighted by Gasteiger charge is 2.02. The number of hydrogen-bond acceptors (Lipinski definition) is 4. The van der Waals surface area contributed by atoms with Gasteiger partial charge in [-0.25, -0.2) is 4.98 Å².